The normalized spacial score (nSPS) is 15.1. The van der Waals surface area contributed by atoms with Crippen LogP contribution in [0.4, 0.5) is 0 Å². The van der Waals surface area contributed by atoms with Crippen molar-refractivity contribution in [1.29, 1.82) is 0 Å². The maximum atomic E-state index is 2.48. The first-order valence-corrected chi connectivity index (χ1v) is 10.7. The molecule has 1 aromatic heterocycles. The molecular weight excluding hydrogens is 362 g/mol. The molecule has 30 heavy (non-hydrogen) atoms. The Hall–Kier alpha value is -3.45. The number of rotatable bonds is 0. The summed E-state index contributed by atoms with van der Waals surface area (Å²) in [5.74, 6) is 0. The lowest BCUT2D eigenvalue weighted by atomic mass is 9.81. The number of nitrogens with zero attached hydrogens (tertiary/aromatic N) is 1. The van der Waals surface area contributed by atoms with Gasteiger partial charge in [0.15, 0.2) is 12.7 Å². The Balaban J connectivity index is 1.55. The molecule has 0 saturated heterocycles. The van der Waals surface area contributed by atoms with Gasteiger partial charge in [-0.15, -0.1) is 0 Å². The van der Waals surface area contributed by atoms with E-state index >= 15 is 0 Å². The lowest BCUT2D eigenvalue weighted by molar-refractivity contribution is -0.671. The summed E-state index contributed by atoms with van der Waals surface area (Å²) >= 11 is 0. The average Bonchev–Trinajstić information content (AvgIpc) is 3.25. The molecule has 0 fully saturated rings. The van der Waals surface area contributed by atoms with E-state index in [0.29, 0.717) is 0 Å². The fraction of sp³-hybridized carbons (Fsp3) is 0.138. The Morgan fingerprint density at radius 3 is 2.43 bits per heavy atom. The standard InChI is InChI=1S/C29H22N/c1-29(2)26-10-6-5-9-22(26)25-15-19-17-30-14-13-21-20-8-4-3-7-18(20)11-12-23(21)28(30)24(19)16-27(25)29/h3-16H,17H2,1-2H3/q+1. The Kier molecular flexibility index (Phi) is 2.93. The van der Waals surface area contributed by atoms with Crippen LogP contribution in [0.3, 0.4) is 0 Å². The first-order chi connectivity index (χ1) is 14.6. The topological polar surface area (TPSA) is 3.88 Å². The van der Waals surface area contributed by atoms with E-state index in [1.54, 1.807) is 0 Å². The molecule has 0 radical (unpaired) electrons. The van der Waals surface area contributed by atoms with Crippen LogP contribution in [0.1, 0.15) is 30.5 Å². The molecule has 4 aromatic carbocycles. The lowest BCUT2D eigenvalue weighted by Crippen LogP contribution is -2.31. The maximum absolute atomic E-state index is 2.48. The van der Waals surface area contributed by atoms with E-state index in [2.05, 4.69) is 103 Å². The zero-order valence-electron chi connectivity index (χ0n) is 17.2. The van der Waals surface area contributed by atoms with Gasteiger partial charge in [0, 0.05) is 22.4 Å². The molecule has 0 spiro atoms. The molecule has 1 aliphatic heterocycles. The van der Waals surface area contributed by atoms with Crippen molar-refractivity contribution in [2.45, 2.75) is 25.8 Å². The smallest absolute Gasteiger partial charge is 0.193 e. The third-order valence-electron chi connectivity index (χ3n) is 7.34. The second-order valence-electron chi connectivity index (χ2n) is 9.27. The fourth-order valence-corrected chi connectivity index (χ4v) is 5.83. The molecule has 142 valence electrons. The highest BCUT2D eigenvalue weighted by atomic mass is 15.0. The molecule has 0 unspecified atom stereocenters. The molecule has 2 aliphatic rings. The first-order valence-electron chi connectivity index (χ1n) is 10.7. The molecule has 0 bridgehead atoms. The number of benzene rings is 4. The van der Waals surface area contributed by atoms with Gasteiger partial charge in [-0.25, -0.2) is 0 Å². The van der Waals surface area contributed by atoms with Crippen LogP contribution >= 0.6 is 0 Å². The Morgan fingerprint density at radius 1 is 0.667 bits per heavy atom. The van der Waals surface area contributed by atoms with Crippen molar-refractivity contribution < 1.29 is 4.57 Å². The van der Waals surface area contributed by atoms with Gasteiger partial charge in [0.2, 0.25) is 5.69 Å². The van der Waals surface area contributed by atoms with Gasteiger partial charge in [0.05, 0.1) is 10.9 Å². The predicted octanol–water partition coefficient (Wildman–Crippen LogP) is 6.62. The van der Waals surface area contributed by atoms with E-state index in [-0.39, 0.29) is 5.41 Å². The molecule has 0 N–H and O–H groups in total. The van der Waals surface area contributed by atoms with E-state index < -0.39 is 0 Å². The van der Waals surface area contributed by atoms with Crippen molar-refractivity contribution >= 4 is 21.5 Å². The van der Waals surface area contributed by atoms with Crippen molar-refractivity contribution in [2.75, 3.05) is 0 Å². The highest BCUT2D eigenvalue weighted by Crippen LogP contribution is 2.51. The number of fused-ring (bicyclic) bond motifs is 10. The summed E-state index contributed by atoms with van der Waals surface area (Å²) in [7, 11) is 0. The molecule has 1 aliphatic carbocycles. The highest BCUT2D eigenvalue weighted by Gasteiger charge is 2.39. The minimum Gasteiger partial charge on any atom is -0.193 e. The van der Waals surface area contributed by atoms with Crippen molar-refractivity contribution in [3.63, 3.8) is 0 Å². The van der Waals surface area contributed by atoms with Crippen molar-refractivity contribution in [3.05, 3.63) is 102 Å². The summed E-state index contributed by atoms with van der Waals surface area (Å²) in [4.78, 5) is 0. The summed E-state index contributed by atoms with van der Waals surface area (Å²) in [6.45, 7) is 5.68. The van der Waals surface area contributed by atoms with Gasteiger partial charge in [0.25, 0.3) is 0 Å². The average molecular weight is 385 g/mol. The van der Waals surface area contributed by atoms with Gasteiger partial charge < -0.3 is 0 Å². The monoisotopic (exact) mass is 384 g/mol. The molecule has 0 atom stereocenters. The van der Waals surface area contributed by atoms with Crippen molar-refractivity contribution in [2.24, 2.45) is 0 Å². The quantitative estimate of drug-likeness (QED) is 0.205. The van der Waals surface area contributed by atoms with E-state index in [1.807, 2.05) is 0 Å². The zero-order chi connectivity index (χ0) is 20.0. The summed E-state index contributed by atoms with van der Waals surface area (Å²) in [5.41, 5.74) is 9.94. The molecule has 1 heteroatoms. The van der Waals surface area contributed by atoms with Crippen LogP contribution in [-0.4, -0.2) is 0 Å². The van der Waals surface area contributed by atoms with E-state index in [1.165, 1.54) is 60.6 Å². The van der Waals surface area contributed by atoms with E-state index in [0.717, 1.165) is 6.54 Å². The van der Waals surface area contributed by atoms with Crippen molar-refractivity contribution in [3.8, 4) is 22.4 Å². The van der Waals surface area contributed by atoms with Crippen LogP contribution in [0.5, 0.6) is 0 Å². The summed E-state index contributed by atoms with van der Waals surface area (Å²) in [5, 5.41) is 5.33. The van der Waals surface area contributed by atoms with Gasteiger partial charge in [-0.3, -0.25) is 0 Å². The Labute approximate surface area is 176 Å². The third-order valence-corrected chi connectivity index (χ3v) is 7.34. The van der Waals surface area contributed by atoms with Crippen LogP contribution in [0.25, 0.3) is 43.9 Å². The van der Waals surface area contributed by atoms with Gasteiger partial charge in [-0.1, -0.05) is 68.4 Å². The van der Waals surface area contributed by atoms with Crippen molar-refractivity contribution in [1.82, 2.24) is 0 Å². The molecule has 0 saturated carbocycles. The van der Waals surface area contributed by atoms with E-state index in [4.69, 9.17) is 0 Å². The third kappa shape index (κ3) is 1.90. The summed E-state index contributed by atoms with van der Waals surface area (Å²) < 4.78 is 2.43. The number of hydrogen-bond donors (Lipinski definition) is 0. The largest absolute Gasteiger partial charge is 0.221 e. The molecule has 0 amide bonds. The highest BCUT2D eigenvalue weighted by molar-refractivity contribution is 6.11. The number of pyridine rings is 1. The molecule has 7 rings (SSSR count). The zero-order valence-corrected chi connectivity index (χ0v) is 17.2. The van der Waals surface area contributed by atoms with Gasteiger partial charge >= 0.3 is 0 Å². The molecular formula is C29H22N+. The number of hydrogen-bond acceptors (Lipinski definition) is 0. The summed E-state index contributed by atoms with van der Waals surface area (Å²) in [6.07, 6.45) is 2.27. The fourth-order valence-electron chi connectivity index (χ4n) is 5.83. The van der Waals surface area contributed by atoms with Crippen LogP contribution in [0, 0.1) is 0 Å². The van der Waals surface area contributed by atoms with Gasteiger partial charge in [-0.2, -0.15) is 4.57 Å². The van der Waals surface area contributed by atoms with Crippen LogP contribution in [0.2, 0.25) is 0 Å². The second-order valence-corrected chi connectivity index (χ2v) is 9.27. The molecule has 5 aromatic rings. The number of aromatic nitrogens is 1. The van der Waals surface area contributed by atoms with E-state index in [9.17, 15) is 0 Å². The lowest BCUT2D eigenvalue weighted by Gasteiger charge is -2.21. The maximum Gasteiger partial charge on any atom is 0.221 e. The van der Waals surface area contributed by atoms with Gasteiger partial charge in [0.1, 0.15) is 0 Å². The first kappa shape index (κ1) is 16.4. The second kappa shape index (κ2) is 5.37. The van der Waals surface area contributed by atoms with Crippen LogP contribution < -0.4 is 4.57 Å². The minimum atomic E-state index is 0.0334. The SMILES string of the molecule is CC1(C)c2ccccc2-c2cc3c(cc21)-c1c2ccc4ccccc4c2cc[n+]1C3. The van der Waals surface area contributed by atoms with Gasteiger partial charge in [-0.05, 0) is 51.2 Å². The predicted molar refractivity (Wildman–Crippen MR) is 124 cm³/mol. The molecule has 1 nitrogen and oxygen atoms in total. The minimum absolute atomic E-state index is 0.0334. The summed E-state index contributed by atoms with van der Waals surface area (Å²) in [6, 6.07) is 29.4. The molecule has 2 heterocycles. The Bertz CT molecular complexity index is 1540. The van der Waals surface area contributed by atoms with Crippen LogP contribution in [-0.2, 0) is 12.0 Å². The van der Waals surface area contributed by atoms with Crippen LogP contribution in [0.15, 0.2) is 85.1 Å². The Morgan fingerprint density at radius 2 is 1.50 bits per heavy atom.